The van der Waals surface area contributed by atoms with Crippen LogP contribution in [0.25, 0.3) is 77.5 Å². The lowest BCUT2D eigenvalue weighted by Gasteiger charge is -2.29. The Morgan fingerprint density at radius 3 is 1.47 bits per heavy atom. The fourth-order valence-electron chi connectivity index (χ4n) is 9.89. The summed E-state index contributed by atoms with van der Waals surface area (Å²) in [6.07, 6.45) is 0. The molecule has 62 heavy (non-hydrogen) atoms. The monoisotopic (exact) mass is 791 g/mol. The molecule has 0 heterocycles. The van der Waals surface area contributed by atoms with Crippen LogP contribution in [0.3, 0.4) is 0 Å². The molecule has 0 saturated carbocycles. The first-order chi connectivity index (χ1) is 30.5. The number of anilines is 3. The Hall–Kier alpha value is -7.74. The molecule has 0 N–H and O–H groups in total. The van der Waals surface area contributed by atoms with E-state index in [0.717, 1.165) is 22.6 Å². The number of nitrogens with zero attached hydrogens (tertiary/aromatic N) is 1. The summed E-state index contributed by atoms with van der Waals surface area (Å²) in [4.78, 5) is 2.45. The lowest BCUT2D eigenvalue weighted by molar-refractivity contribution is 0.660. The van der Waals surface area contributed by atoms with E-state index in [2.05, 4.69) is 255 Å². The van der Waals surface area contributed by atoms with Crippen molar-refractivity contribution in [1.29, 1.82) is 0 Å². The molecule has 0 atom stereocenters. The molecule has 10 aromatic carbocycles. The van der Waals surface area contributed by atoms with Crippen LogP contribution in [0.4, 0.5) is 17.1 Å². The first kappa shape index (κ1) is 37.3. The van der Waals surface area contributed by atoms with Gasteiger partial charge in [0.15, 0.2) is 0 Å². The van der Waals surface area contributed by atoms with Crippen LogP contribution in [0.1, 0.15) is 25.0 Å². The lowest BCUT2D eigenvalue weighted by atomic mass is 9.82. The molecule has 1 nitrogen and oxygen atoms in total. The van der Waals surface area contributed by atoms with Crippen LogP contribution < -0.4 is 4.90 Å². The number of hydrogen-bond donors (Lipinski definition) is 0. The minimum Gasteiger partial charge on any atom is -0.310 e. The van der Waals surface area contributed by atoms with Crippen molar-refractivity contribution in [3.63, 3.8) is 0 Å². The minimum absolute atomic E-state index is 0.140. The SMILES string of the molecule is CC1(C)c2ccccc2-c2ccc(N(c3cccc(-c4cccc(-c5ccccc5)c4-c4ccccc4-c4ccccc4)c3)c3cccc(-c4cccc5ccccc45)c3)cc21. The zero-order valence-electron chi connectivity index (χ0n) is 35.0. The summed E-state index contributed by atoms with van der Waals surface area (Å²) in [5.41, 5.74) is 20.5. The van der Waals surface area contributed by atoms with E-state index in [1.54, 1.807) is 0 Å². The van der Waals surface area contributed by atoms with Gasteiger partial charge in [-0.05, 0) is 125 Å². The third-order valence-corrected chi connectivity index (χ3v) is 12.9. The molecule has 0 radical (unpaired) electrons. The maximum absolute atomic E-state index is 2.45. The van der Waals surface area contributed by atoms with Crippen LogP contribution in [0.5, 0.6) is 0 Å². The summed E-state index contributed by atoms with van der Waals surface area (Å²) in [5.74, 6) is 0. The van der Waals surface area contributed by atoms with Gasteiger partial charge in [-0.25, -0.2) is 0 Å². The molecule has 0 fully saturated rings. The molecule has 10 aromatic rings. The molecular formula is C61H45N. The summed E-state index contributed by atoms with van der Waals surface area (Å²) < 4.78 is 0. The molecule has 294 valence electrons. The molecule has 0 unspecified atom stereocenters. The van der Waals surface area contributed by atoms with Crippen LogP contribution in [-0.4, -0.2) is 0 Å². The van der Waals surface area contributed by atoms with E-state index >= 15 is 0 Å². The first-order valence-electron chi connectivity index (χ1n) is 21.6. The van der Waals surface area contributed by atoms with Gasteiger partial charge in [0, 0.05) is 22.5 Å². The van der Waals surface area contributed by atoms with Crippen LogP contribution in [0.2, 0.25) is 0 Å². The van der Waals surface area contributed by atoms with Gasteiger partial charge in [-0.1, -0.05) is 214 Å². The summed E-state index contributed by atoms with van der Waals surface area (Å²) in [5, 5.41) is 2.49. The van der Waals surface area contributed by atoms with E-state index in [9.17, 15) is 0 Å². The Balaban J connectivity index is 1.12. The largest absolute Gasteiger partial charge is 0.310 e. The Morgan fingerprint density at radius 1 is 0.290 bits per heavy atom. The molecule has 1 aliphatic carbocycles. The predicted molar refractivity (Wildman–Crippen MR) is 263 cm³/mol. The van der Waals surface area contributed by atoms with Crippen molar-refractivity contribution >= 4 is 27.8 Å². The number of fused-ring (bicyclic) bond motifs is 4. The Labute approximate surface area is 364 Å². The standard InChI is InChI=1S/C61H45N/c1-61(2)58-36-14-13-31-55(58)56-38-37-49(41-59(56)61)62(47-27-15-25-45(39-47)52-33-17-24-43-23-9-10-29-50(43)52)48-28-16-26-46(40-48)54-35-18-34-53(44-21-7-4-8-22-44)60(54)57-32-12-11-30-51(57)42-19-5-3-6-20-42/h3-41H,1-2H3. The third-order valence-electron chi connectivity index (χ3n) is 12.9. The summed E-state index contributed by atoms with van der Waals surface area (Å²) in [6, 6.07) is 86.7. The van der Waals surface area contributed by atoms with E-state index in [1.807, 2.05) is 0 Å². The Morgan fingerprint density at radius 2 is 0.742 bits per heavy atom. The van der Waals surface area contributed by atoms with Crippen molar-refractivity contribution in [2.24, 2.45) is 0 Å². The predicted octanol–water partition coefficient (Wildman–Crippen LogP) is 17.0. The van der Waals surface area contributed by atoms with Gasteiger partial charge in [-0.3, -0.25) is 0 Å². The van der Waals surface area contributed by atoms with E-state index in [0.29, 0.717) is 0 Å². The molecule has 1 aliphatic rings. The van der Waals surface area contributed by atoms with Crippen molar-refractivity contribution in [2.45, 2.75) is 19.3 Å². The van der Waals surface area contributed by atoms with Crippen molar-refractivity contribution < 1.29 is 0 Å². The van der Waals surface area contributed by atoms with E-state index in [4.69, 9.17) is 0 Å². The van der Waals surface area contributed by atoms with E-state index < -0.39 is 0 Å². The van der Waals surface area contributed by atoms with E-state index in [-0.39, 0.29) is 5.41 Å². The molecule has 1 heteroatoms. The maximum Gasteiger partial charge on any atom is 0.0467 e. The smallest absolute Gasteiger partial charge is 0.0467 e. The van der Waals surface area contributed by atoms with Gasteiger partial charge >= 0.3 is 0 Å². The zero-order valence-corrected chi connectivity index (χ0v) is 35.0. The number of rotatable bonds is 8. The Kier molecular flexibility index (Phi) is 9.24. The lowest BCUT2D eigenvalue weighted by Crippen LogP contribution is -2.16. The molecule has 0 aliphatic heterocycles. The summed E-state index contributed by atoms with van der Waals surface area (Å²) in [6.45, 7) is 4.73. The van der Waals surface area contributed by atoms with Gasteiger partial charge in [-0.15, -0.1) is 0 Å². The van der Waals surface area contributed by atoms with Crippen molar-refractivity contribution in [3.05, 3.63) is 248 Å². The highest BCUT2D eigenvalue weighted by Gasteiger charge is 2.36. The van der Waals surface area contributed by atoms with Gasteiger partial charge in [0.05, 0.1) is 0 Å². The maximum atomic E-state index is 2.45. The fourth-order valence-corrected chi connectivity index (χ4v) is 9.89. The third kappa shape index (κ3) is 6.42. The number of hydrogen-bond acceptors (Lipinski definition) is 1. The highest BCUT2D eigenvalue weighted by molar-refractivity contribution is 6.01. The molecule has 0 aromatic heterocycles. The van der Waals surface area contributed by atoms with Crippen LogP contribution in [0.15, 0.2) is 237 Å². The molecule has 0 bridgehead atoms. The zero-order chi connectivity index (χ0) is 41.6. The van der Waals surface area contributed by atoms with Gasteiger partial charge < -0.3 is 4.90 Å². The van der Waals surface area contributed by atoms with Gasteiger partial charge in [-0.2, -0.15) is 0 Å². The molecule has 0 spiro atoms. The highest BCUT2D eigenvalue weighted by Crippen LogP contribution is 2.51. The van der Waals surface area contributed by atoms with Crippen LogP contribution in [0, 0.1) is 0 Å². The van der Waals surface area contributed by atoms with Crippen molar-refractivity contribution in [3.8, 4) is 66.8 Å². The highest BCUT2D eigenvalue weighted by atomic mass is 15.1. The molecule has 0 saturated heterocycles. The second kappa shape index (κ2) is 15.4. The number of benzene rings is 10. The summed E-state index contributed by atoms with van der Waals surface area (Å²) >= 11 is 0. The average molecular weight is 792 g/mol. The first-order valence-corrected chi connectivity index (χ1v) is 21.6. The fraction of sp³-hybridized carbons (Fsp3) is 0.0492. The van der Waals surface area contributed by atoms with Gasteiger partial charge in [0.25, 0.3) is 0 Å². The van der Waals surface area contributed by atoms with E-state index in [1.165, 1.54) is 83.1 Å². The molecule has 11 rings (SSSR count). The van der Waals surface area contributed by atoms with Crippen LogP contribution in [-0.2, 0) is 5.41 Å². The van der Waals surface area contributed by atoms with Crippen LogP contribution >= 0.6 is 0 Å². The quantitative estimate of drug-likeness (QED) is 0.148. The topological polar surface area (TPSA) is 3.24 Å². The molecule has 0 amide bonds. The van der Waals surface area contributed by atoms with Gasteiger partial charge in [0.2, 0.25) is 0 Å². The second-order valence-electron chi connectivity index (χ2n) is 16.9. The normalized spacial score (nSPS) is 12.5. The molecular weight excluding hydrogens is 747 g/mol. The van der Waals surface area contributed by atoms with Crippen molar-refractivity contribution in [1.82, 2.24) is 0 Å². The minimum atomic E-state index is -0.140. The van der Waals surface area contributed by atoms with Crippen molar-refractivity contribution in [2.75, 3.05) is 4.90 Å². The second-order valence-corrected chi connectivity index (χ2v) is 16.9. The van der Waals surface area contributed by atoms with Gasteiger partial charge in [0.1, 0.15) is 0 Å². The average Bonchev–Trinajstić information content (AvgIpc) is 3.57. The Bertz CT molecular complexity index is 3260. The summed E-state index contributed by atoms with van der Waals surface area (Å²) in [7, 11) is 0.